The fourth-order valence-corrected chi connectivity index (χ4v) is 5.33. The molecule has 2 fully saturated rings. The predicted molar refractivity (Wildman–Crippen MR) is 112 cm³/mol. The van der Waals surface area contributed by atoms with E-state index in [4.69, 9.17) is 0 Å². The number of amides is 1. The molecule has 4 rings (SSSR count). The zero-order valence-corrected chi connectivity index (χ0v) is 17.3. The number of hydrogen-bond donors (Lipinski definition) is 0. The summed E-state index contributed by atoms with van der Waals surface area (Å²) in [5.74, 6) is 1.41. The first-order valence-electron chi connectivity index (χ1n) is 10.5. The molecule has 28 heavy (non-hydrogen) atoms. The van der Waals surface area contributed by atoms with Gasteiger partial charge in [0.2, 0.25) is 0 Å². The fraction of sp³-hybridized carbons (Fsp3) is 0.500. The topological polar surface area (TPSA) is 36.4 Å². The fourth-order valence-electron chi connectivity index (χ4n) is 5.33. The molecular weight excluding hydrogens is 346 g/mol. The number of pyridine rings is 1. The highest BCUT2D eigenvalue weighted by Gasteiger charge is 2.43. The highest BCUT2D eigenvalue weighted by molar-refractivity contribution is 5.94. The van der Waals surface area contributed by atoms with Crippen molar-refractivity contribution in [1.29, 1.82) is 0 Å². The number of fused-ring (bicyclic) bond motifs is 1. The van der Waals surface area contributed by atoms with E-state index in [0.717, 1.165) is 36.3 Å². The first-order valence-corrected chi connectivity index (χ1v) is 10.5. The minimum atomic E-state index is 0.204. The Labute approximate surface area is 168 Å². The Bertz CT molecular complexity index is 815. The number of likely N-dealkylation sites (tertiary alicyclic amines) is 1. The van der Waals surface area contributed by atoms with Gasteiger partial charge in [-0.05, 0) is 69.3 Å². The molecule has 1 saturated heterocycles. The summed E-state index contributed by atoms with van der Waals surface area (Å²) in [4.78, 5) is 22.0. The van der Waals surface area contributed by atoms with Crippen molar-refractivity contribution < 1.29 is 4.79 Å². The van der Waals surface area contributed by atoms with Crippen LogP contribution in [0.4, 0.5) is 0 Å². The highest BCUT2D eigenvalue weighted by Crippen LogP contribution is 2.39. The first kappa shape index (κ1) is 19.1. The van der Waals surface area contributed by atoms with E-state index in [1.54, 1.807) is 0 Å². The average molecular weight is 378 g/mol. The number of rotatable bonds is 4. The van der Waals surface area contributed by atoms with Gasteiger partial charge in [-0.15, -0.1) is 0 Å². The van der Waals surface area contributed by atoms with Crippen LogP contribution in [-0.2, 0) is 6.54 Å². The second-order valence-corrected chi connectivity index (χ2v) is 8.79. The molecule has 148 valence electrons. The lowest BCUT2D eigenvalue weighted by atomic mass is 9.77. The van der Waals surface area contributed by atoms with Crippen molar-refractivity contribution in [3.05, 3.63) is 65.0 Å². The highest BCUT2D eigenvalue weighted by atomic mass is 16.2. The van der Waals surface area contributed by atoms with Crippen LogP contribution in [0.15, 0.2) is 42.7 Å². The van der Waals surface area contributed by atoms with Crippen LogP contribution in [-0.4, -0.2) is 46.9 Å². The third-order valence-electron chi connectivity index (χ3n) is 6.54. The van der Waals surface area contributed by atoms with Crippen LogP contribution < -0.4 is 0 Å². The summed E-state index contributed by atoms with van der Waals surface area (Å²) in [6.07, 6.45) is 7.52. The number of benzene rings is 1. The summed E-state index contributed by atoms with van der Waals surface area (Å²) in [6.45, 7) is 6.85. The lowest BCUT2D eigenvalue weighted by molar-refractivity contribution is 0.0770. The largest absolute Gasteiger partial charge is 0.338 e. The monoisotopic (exact) mass is 377 g/mol. The molecule has 3 atom stereocenters. The second kappa shape index (κ2) is 8.04. The molecule has 1 amide bonds. The SMILES string of the molecule is Cc1cc(C)cc(C(=O)N2C[C@@H]3CCC[C@H](N(C)Cc4cccnc4)[C@@H]3C2)c1. The van der Waals surface area contributed by atoms with Gasteiger partial charge in [-0.1, -0.05) is 29.7 Å². The van der Waals surface area contributed by atoms with Crippen molar-refractivity contribution in [3.63, 3.8) is 0 Å². The van der Waals surface area contributed by atoms with Gasteiger partial charge in [0.25, 0.3) is 5.91 Å². The second-order valence-electron chi connectivity index (χ2n) is 8.79. The van der Waals surface area contributed by atoms with E-state index in [9.17, 15) is 4.79 Å². The van der Waals surface area contributed by atoms with Crippen LogP contribution in [0.5, 0.6) is 0 Å². The molecule has 4 heteroatoms. The van der Waals surface area contributed by atoms with Crippen molar-refractivity contribution >= 4 is 5.91 Å². The molecule has 1 aromatic heterocycles. The molecule has 1 aromatic carbocycles. The van der Waals surface area contributed by atoms with E-state index in [1.165, 1.54) is 24.8 Å². The lowest BCUT2D eigenvalue weighted by Crippen LogP contribution is -2.43. The van der Waals surface area contributed by atoms with Crippen LogP contribution in [0.25, 0.3) is 0 Å². The van der Waals surface area contributed by atoms with Crippen LogP contribution in [0.3, 0.4) is 0 Å². The third kappa shape index (κ3) is 3.97. The molecule has 2 heterocycles. The summed E-state index contributed by atoms with van der Waals surface area (Å²) < 4.78 is 0. The van der Waals surface area contributed by atoms with Gasteiger partial charge in [-0.2, -0.15) is 0 Å². The first-order chi connectivity index (χ1) is 13.5. The average Bonchev–Trinajstić information content (AvgIpc) is 3.11. The Morgan fingerprint density at radius 1 is 1.18 bits per heavy atom. The molecule has 1 aliphatic heterocycles. The van der Waals surface area contributed by atoms with Gasteiger partial charge in [0, 0.05) is 43.6 Å². The van der Waals surface area contributed by atoms with E-state index in [0.29, 0.717) is 17.9 Å². The number of hydrogen-bond acceptors (Lipinski definition) is 3. The summed E-state index contributed by atoms with van der Waals surface area (Å²) in [5, 5.41) is 0. The Hall–Kier alpha value is -2.20. The predicted octanol–water partition coefficient (Wildman–Crippen LogP) is 4.07. The minimum Gasteiger partial charge on any atom is -0.338 e. The molecule has 0 N–H and O–H groups in total. The van der Waals surface area contributed by atoms with Gasteiger partial charge < -0.3 is 4.90 Å². The number of aryl methyl sites for hydroxylation is 2. The maximum absolute atomic E-state index is 13.2. The van der Waals surface area contributed by atoms with E-state index < -0.39 is 0 Å². The molecule has 1 saturated carbocycles. The molecule has 0 bridgehead atoms. The van der Waals surface area contributed by atoms with Crippen LogP contribution in [0.2, 0.25) is 0 Å². The smallest absolute Gasteiger partial charge is 0.253 e. The molecule has 0 radical (unpaired) electrons. The Morgan fingerprint density at radius 3 is 2.68 bits per heavy atom. The van der Waals surface area contributed by atoms with E-state index >= 15 is 0 Å². The van der Waals surface area contributed by atoms with Gasteiger partial charge in [-0.3, -0.25) is 14.7 Å². The molecule has 1 aliphatic carbocycles. The van der Waals surface area contributed by atoms with Crippen LogP contribution >= 0.6 is 0 Å². The van der Waals surface area contributed by atoms with Crippen molar-refractivity contribution in [2.45, 2.75) is 45.7 Å². The maximum Gasteiger partial charge on any atom is 0.253 e. The summed E-state index contributed by atoms with van der Waals surface area (Å²) in [6, 6.07) is 10.9. The zero-order valence-electron chi connectivity index (χ0n) is 17.3. The number of carbonyl (C=O) groups excluding carboxylic acids is 1. The Balaban J connectivity index is 1.47. The van der Waals surface area contributed by atoms with Gasteiger partial charge >= 0.3 is 0 Å². The summed E-state index contributed by atoms with van der Waals surface area (Å²) in [7, 11) is 2.23. The van der Waals surface area contributed by atoms with Crippen LogP contribution in [0.1, 0.15) is 46.3 Å². The molecule has 0 unspecified atom stereocenters. The van der Waals surface area contributed by atoms with Crippen LogP contribution in [0, 0.1) is 25.7 Å². The molecule has 0 spiro atoms. The number of nitrogens with zero attached hydrogens (tertiary/aromatic N) is 3. The summed E-state index contributed by atoms with van der Waals surface area (Å²) in [5.41, 5.74) is 4.42. The van der Waals surface area contributed by atoms with Gasteiger partial charge in [0.1, 0.15) is 0 Å². The molecular formula is C24H31N3O. The molecule has 2 aliphatic rings. The van der Waals surface area contributed by atoms with E-state index in [1.807, 2.05) is 30.6 Å². The van der Waals surface area contributed by atoms with Crippen molar-refractivity contribution in [2.24, 2.45) is 11.8 Å². The van der Waals surface area contributed by atoms with Crippen molar-refractivity contribution in [3.8, 4) is 0 Å². The Morgan fingerprint density at radius 2 is 1.96 bits per heavy atom. The number of carbonyl (C=O) groups is 1. The van der Waals surface area contributed by atoms with E-state index in [2.05, 4.69) is 47.8 Å². The summed E-state index contributed by atoms with van der Waals surface area (Å²) >= 11 is 0. The quantitative estimate of drug-likeness (QED) is 0.806. The zero-order chi connectivity index (χ0) is 19.7. The Kier molecular flexibility index (Phi) is 5.49. The normalized spacial score (nSPS) is 24.4. The van der Waals surface area contributed by atoms with Gasteiger partial charge in [0.05, 0.1) is 0 Å². The van der Waals surface area contributed by atoms with Gasteiger partial charge in [-0.25, -0.2) is 0 Å². The third-order valence-corrected chi connectivity index (χ3v) is 6.54. The standard InChI is InChI=1S/C24H31N3O/c1-17-10-18(2)12-21(11-17)24(28)27-15-20-7-4-8-23(22(20)16-27)26(3)14-19-6-5-9-25-13-19/h5-6,9-13,20,22-23H,4,7-8,14-16H2,1-3H3/t20-,22+,23-/m0/s1. The minimum absolute atomic E-state index is 0.204. The molecule has 4 nitrogen and oxygen atoms in total. The molecule has 2 aromatic rings. The van der Waals surface area contributed by atoms with Crippen molar-refractivity contribution in [2.75, 3.05) is 20.1 Å². The maximum atomic E-state index is 13.2. The van der Waals surface area contributed by atoms with Crippen molar-refractivity contribution in [1.82, 2.24) is 14.8 Å². The van der Waals surface area contributed by atoms with Gasteiger partial charge in [0.15, 0.2) is 0 Å². The lowest BCUT2D eigenvalue weighted by Gasteiger charge is -2.39. The van der Waals surface area contributed by atoms with E-state index in [-0.39, 0.29) is 5.91 Å². The number of aromatic nitrogens is 1.